The molecule has 0 aliphatic rings. The lowest BCUT2D eigenvalue weighted by Crippen LogP contribution is -2.18. The molecule has 0 aliphatic heterocycles. The molecule has 0 atom stereocenters. The van der Waals surface area contributed by atoms with Gasteiger partial charge in [0.05, 0.1) is 0 Å². The SMILES string of the molecule is C/[C]=C/C(=O)N(C)C. The van der Waals surface area contributed by atoms with Crippen molar-refractivity contribution in [3.05, 3.63) is 12.2 Å². The summed E-state index contributed by atoms with van der Waals surface area (Å²) in [5, 5.41) is 0. The summed E-state index contributed by atoms with van der Waals surface area (Å²) in [5.74, 6) is -0.0208. The number of amides is 1. The van der Waals surface area contributed by atoms with Crippen molar-refractivity contribution in [3.63, 3.8) is 0 Å². The maximum atomic E-state index is 10.6. The fourth-order valence-electron chi connectivity index (χ4n) is 0.253. The minimum absolute atomic E-state index is 0.0208. The van der Waals surface area contributed by atoms with E-state index in [0.29, 0.717) is 0 Å². The molecule has 0 N–H and O–H groups in total. The summed E-state index contributed by atoms with van der Waals surface area (Å²) in [6.07, 6.45) is 4.04. The van der Waals surface area contributed by atoms with Crippen LogP contribution in [-0.4, -0.2) is 24.9 Å². The van der Waals surface area contributed by atoms with Crippen LogP contribution < -0.4 is 0 Å². The molecule has 1 amide bonds. The molecule has 0 aliphatic carbocycles. The highest BCUT2D eigenvalue weighted by Crippen LogP contribution is 1.78. The van der Waals surface area contributed by atoms with Gasteiger partial charge < -0.3 is 4.90 Å². The predicted molar refractivity (Wildman–Crippen MR) is 32.2 cm³/mol. The number of carbonyl (C=O) groups is 1. The van der Waals surface area contributed by atoms with Crippen molar-refractivity contribution in [1.29, 1.82) is 0 Å². The van der Waals surface area contributed by atoms with Gasteiger partial charge in [0.2, 0.25) is 5.91 Å². The third-order valence-electron chi connectivity index (χ3n) is 0.709. The standard InChI is InChI=1S/C6H10NO/c1-4-5-6(8)7(2)3/h5H,1-3H3. The topological polar surface area (TPSA) is 20.3 Å². The van der Waals surface area contributed by atoms with Crippen molar-refractivity contribution >= 4 is 5.91 Å². The van der Waals surface area contributed by atoms with Gasteiger partial charge in [-0.2, -0.15) is 0 Å². The fraction of sp³-hybridized carbons (Fsp3) is 0.500. The smallest absolute Gasteiger partial charge is 0.246 e. The second-order valence-electron chi connectivity index (χ2n) is 1.67. The van der Waals surface area contributed by atoms with Crippen LogP contribution in [-0.2, 0) is 4.79 Å². The average molecular weight is 112 g/mol. The number of nitrogens with zero attached hydrogens (tertiary/aromatic N) is 1. The van der Waals surface area contributed by atoms with Crippen LogP contribution in [0, 0.1) is 6.08 Å². The van der Waals surface area contributed by atoms with Crippen LogP contribution in [0.2, 0.25) is 0 Å². The van der Waals surface area contributed by atoms with Crippen molar-refractivity contribution in [2.24, 2.45) is 0 Å². The Labute approximate surface area is 49.8 Å². The highest BCUT2D eigenvalue weighted by atomic mass is 16.2. The van der Waals surface area contributed by atoms with E-state index in [4.69, 9.17) is 0 Å². The zero-order valence-electron chi connectivity index (χ0n) is 5.43. The van der Waals surface area contributed by atoms with Crippen molar-refractivity contribution in [1.82, 2.24) is 4.90 Å². The molecule has 0 spiro atoms. The molecule has 0 rings (SSSR count). The van der Waals surface area contributed by atoms with Crippen LogP contribution in [0.25, 0.3) is 0 Å². The minimum atomic E-state index is -0.0208. The maximum absolute atomic E-state index is 10.6. The second-order valence-corrected chi connectivity index (χ2v) is 1.67. The first-order valence-corrected chi connectivity index (χ1v) is 2.40. The highest BCUT2D eigenvalue weighted by molar-refractivity contribution is 5.86. The van der Waals surface area contributed by atoms with Gasteiger partial charge >= 0.3 is 0 Å². The third-order valence-corrected chi connectivity index (χ3v) is 0.709. The van der Waals surface area contributed by atoms with Crippen LogP contribution in [0.1, 0.15) is 6.92 Å². The number of hydrogen-bond acceptors (Lipinski definition) is 1. The first kappa shape index (κ1) is 7.21. The van der Waals surface area contributed by atoms with E-state index >= 15 is 0 Å². The first-order chi connectivity index (χ1) is 3.68. The number of likely N-dealkylation sites (N-methyl/N-ethyl adjacent to an activating group) is 1. The average Bonchev–Trinajstić information content (AvgIpc) is 1.67. The van der Waals surface area contributed by atoms with Crippen LogP contribution in [0.5, 0.6) is 0 Å². The zero-order valence-corrected chi connectivity index (χ0v) is 5.43. The van der Waals surface area contributed by atoms with E-state index in [1.807, 2.05) is 0 Å². The van der Waals surface area contributed by atoms with Gasteiger partial charge in [0, 0.05) is 20.2 Å². The summed E-state index contributed by atoms with van der Waals surface area (Å²) in [7, 11) is 3.41. The molecule has 0 aromatic heterocycles. The Kier molecular flexibility index (Phi) is 2.92. The van der Waals surface area contributed by atoms with Crippen molar-refractivity contribution in [2.45, 2.75) is 6.92 Å². The minimum Gasteiger partial charge on any atom is -0.345 e. The zero-order chi connectivity index (χ0) is 6.57. The molecule has 0 aromatic carbocycles. The van der Waals surface area contributed by atoms with Crippen molar-refractivity contribution in [2.75, 3.05) is 14.1 Å². The van der Waals surface area contributed by atoms with E-state index in [9.17, 15) is 4.79 Å². The number of carbonyl (C=O) groups excluding carboxylic acids is 1. The monoisotopic (exact) mass is 112 g/mol. The van der Waals surface area contributed by atoms with Gasteiger partial charge in [-0.25, -0.2) is 0 Å². The lowest BCUT2D eigenvalue weighted by atomic mass is 10.5. The molecule has 0 heterocycles. The molecule has 0 saturated heterocycles. The molecule has 8 heavy (non-hydrogen) atoms. The quantitative estimate of drug-likeness (QED) is 0.451. The van der Waals surface area contributed by atoms with Crippen molar-refractivity contribution in [3.8, 4) is 0 Å². The van der Waals surface area contributed by atoms with E-state index in [1.165, 1.54) is 11.0 Å². The van der Waals surface area contributed by atoms with Gasteiger partial charge in [-0.05, 0) is 13.0 Å². The number of rotatable bonds is 1. The van der Waals surface area contributed by atoms with E-state index in [0.717, 1.165) is 0 Å². The summed E-state index contributed by atoms with van der Waals surface area (Å²) in [6.45, 7) is 1.70. The maximum Gasteiger partial charge on any atom is 0.246 e. The largest absolute Gasteiger partial charge is 0.345 e. The molecule has 1 radical (unpaired) electrons. The van der Waals surface area contributed by atoms with Crippen LogP contribution in [0.3, 0.4) is 0 Å². The third kappa shape index (κ3) is 2.39. The van der Waals surface area contributed by atoms with Crippen LogP contribution in [0.15, 0.2) is 6.08 Å². The van der Waals surface area contributed by atoms with Crippen LogP contribution in [0.4, 0.5) is 0 Å². The van der Waals surface area contributed by atoms with E-state index < -0.39 is 0 Å². The molecule has 2 heteroatoms. The summed E-state index contributed by atoms with van der Waals surface area (Å²) in [6, 6.07) is 0. The number of hydrogen-bond donors (Lipinski definition) is 0. The normalized spacial score (nSPS) is 9.88. The Hall–Kier alpha value is -0.790. The molecule has 45 valence electrons. The van der Waals surface area contributed by atoms with E-state index in [2.05, 4.69) is 6.08 Å². The molecular weight excluding hydrogens is 102 g/mol. The van der Waals surface area contributed by atoms with Gasteiger partial charge in [0.1, 0.15) is 0 Å². The Morgan fingerprint density at radius 1 is 1.62 bits per heavy atom. The van der Waals surface area contributed by atoms with Gasteiger partial charge in [-0.3, -0.25) is 4.79 Å². The Morgan fingerprint density at radius 3 is 2.25 bits per heavy atom. The molecular formula is C6H10NO. The second kappa shape index (κ2) is 3.24. The van der Waals surface area contributed by atoms with Crippen LogP contribution >= 0.6 is 0 Å². The Bertz CT molecular complexity index is 105. The lowest BCUT2D eigenvalue weighted by molar-refractivity contribution is -0.123. The van der Waals surface area contributed by atoms with Gasteiger partial charge in [-0.15, -0.1) is 0 Å². The Balaban J connectivity index is 3.66. The van der Waals surface area contributed by atoms with Crippen molar-refractivity contribution < 1.29 is 4.79 Å². The summed E-state index contributed by atoms with van der Waals surface area (Å²) in [4.78, 5) is 12.0. The molecule has 0 fully saturated rings. The van der Waals surface area contributed by atoms with Gasteiger partial charge in [0.15, 0.2) is 0 Å². The van der Waals surface area contributed by atoms with Gasteiger partial charge in [0.25, 0.3) is 0 Å². The molecule has 2 nitrogen and oxygen atoms in total. The molecule has 0 unspecified atom stereocenters. The van der Waals surface area contributed by atoms with E-state index in [-0.39, 0.29) is 5.91 Å². The first-order valence-electron chi connectivity index (χ1n) is 2.40. The highest BCUT2D eigenvalue weighted by Gasteiger charge is 1.93. The lowest BCUT2D eigenvalue weighted by Gasteiger charge is -2.03. The molecule has 0 aromatic rings. The summed E-state index contributed by atoms with van der Waals surface area (Å²) < 4.78 is 0. The summed E-state index contributed by atoms with van der Waals surface area (Å²) in [5.41, 5.74) is 0. The number of allylic oxidation sites excluding steroid dienone is 1. The molecule has 0 bridgehead atoms. The van der Waals surface area contributed by atoms with Gasteiger partial charge in [-0.1, -0.05) is 0 Å². The van der Waals surface area contributed by atoms with E-state index in [1.54, 1.807) is 21.0 Å². The summed E-state index contributed by atoms with van der Waals surface area (Å²) >= 11 is 0. The predicted octanol–water partition coefficient (Wildman–Crippen LogP) is 0.454. The Morgan fingerprint density at radius 2 is 2.12 bits per heavy atom. The fourth-order valence-corrected chi connectivity index (χ4v) is 0.253. The molecule has 0 saturated carbocycles.